The van der Waals surface area contributed by atoms with E-state index in [1.165, 1.54) is 4.57 Å². The van der Waals surface area contributed by atoms with E-state index in [1.54, 1.807) is 31.5 Å². The molecule has 5 heteroatoms. The van der Waals surface area contributed by atoms with Crippen molar-refractivity contribution >= 4 is 22.7 Å². The van der Waals surface area contributed by atoms with E-state index in [9.17, 15) is 9.90 Å². The molecule has 1 heterocycles. The summed E-state index contributed by atoms with van der Waals surface area (Å²) in [6.45, 7) is 3.91. The quantitative estimate of drug-likeness (QED) is 0.488. The Hall–Kier alpha value is -3.86. The van der Waals surface area contributed by atoms with Crippen LogP contribution in [0.25, 0.3) is 16.5 Å². The summed E-state index contributed by atoms with van der Waals surface area (Å²) in [6, 6.07) is 20.4. The third-order valence-corrected chi connectivity index (χ3v) is 5.10. The summed E-state index contributed by atoms with van der Waals surface area (Å²) in [5, 5.41) is 12.2. The number of hydrogen-bond acceptors (Lipinski definition) is 4. The fourth-order valence-corrected chi connectivity index (χ4v) is 3.58. The Morgan fingerprint density at radius 2 is 1.73 bits per heavy atom. The van der Waals surface area contributed by atoms with Crippen LogP contribution in [0.3, 0.4) is 0 Å². The Morgan fingerprint density at radius 1 is 0.967 bits per heavy atom. The summed E-state index contributed by atoms with van der Waals surface area (Å²) in [4.78, 5) is 17.9. The highest BCUT2D eigenvalue weighted by molar-refractivity contribution is 6.02. The van der Waals surface area contributed by atoms with Gasteiger partial charge in [-0.1, -0.05) is 35.9 Å². The molecular formula is C25H22N2O3. The van der Waals surface area contributed by atoms with Crippen LogP contribution in [0.4, 0.5) is 5.69 Å². The molecular weight excluding hydrogens is 376 g/mol. The molecule has 0 spiro atoms. The van der Waals surface area contributed by atoms with Gasteiger partial charge in [0.1, 0.15) is 5.75 Å². The first kappa shape index (κ1) is 19.5. The second-order valence-electron chi connectivity index (χ2n) is 7.17. The van der Waals surface area contributed by atoms with Crippen molar-refractivity contribution in [2.24, 2.45) is 4.99 Å². The highest BCUT2D eigenvalue weighted by Crippen LogP contribution is 2.30. The van der Waals surface area contributed by atoms with Crippen LogP contribution in [0.1, 0.15) is 16.7 Å². The van der Waals surface area contributed by atoms with Crippen molar-refractivity contribution in [1.29, 1.82) is 0 Å². The van der Waals surface area contributed by atoms with Crippen LogP contribution in [0, 0.1) is 13.8 Å². The minimum atomic E-state index is -0.315. The molecule has 5 nitrogen and oxygen atoms in total. The molecule has 0 unspecified atom stereocenters. The second kappa shape index (κ2) is 7.87. The van der Waals surface area contributed by atoms with E-state index in [2.05, 4.69) is 4.99 Å². The van der Waals surface area contributed by atoms with Crippen molar-refractivity contribution < 1.29 is 9.84 Å². The minimum absolute atomic E-state index is 0.149. The van der Waals surface area contributed by atoms with Gasteiger partial charge in [-0.15, -0.1) is 0 Å². The Balaban J connectivity index is 2.04. The van der Waals surface area contributed by atoms with E-state index in [4.69, 9.17) is 4.74 Å². The first-order valence-corrected chi connectivity index (χ1v) is 9.62. The van der Waals surface area contributed by atoms with Crippen molar-refractivity contribution in [3.63, 3.8) is 0 Å². The van der Waals surface area contributed by atoms with E-state index in [0.717, 1.165) is 16.8 Å². The van der Waals surface area contributed by atoms with Crippen LogP contribution >= 0.6 is 0 Å². The Bertz CT molecular complexity index is 1320. The molecule has 150 valence electrons. The number of pyridine rings is 1. The predicted octanol–water partition coefficient (Wildman–Crippen LogP) is 5.07. The third kappa shape index (κ3) is 3.46. The lowest BCUT2D eigenvalue weighted by molar-refractivity contribution is 0.415. The molecule has 0 aliphatic carbocycles. The van der Waals surface area contributed by atoms with Gasteiger partial charge in [-0.3, -0.25) is 9.79 Å². The average molecular weight is 398 g/mol. The van der Waals surface area contributed by atoms with Crippen LogP contribution in [0.5, 0.6) is 11.6 Å². The van der Waals surface area contributed by atoms with E-state index >= 15 is 0 Å². The summed E-state index contributed by atoms with van der Waals surface area (Å²) in [5.74, 6) is 0.424. The van der Waals surface area contributed by atoms with Crippen molar-refractivity contribution in [1.82, 2.24) is 4.57 Å². The summed E-state index contributed by atoms with van der Waals surface area (Å²) < 4.78 is 6.65. The lowest BCUT2D eigenvalue weighted by Gasteiger charge is -2.16. The number of fused-ring (bicyclic) bond motifs is 1. The van der Waals surface area contributed by atoms with E-state index in [0.29, 0.717) is 27.8 Å². The average Bonchev–Trinajstić information content (AvgIpc) is 2.75. The lowest BCUT2D eigenvalue weighted by atomic mass is 10.1. The number of aliphatic imine (C=N–C) groups is 1. The maximum atomic E-state index is 13.4. The molecule has 0 radical (unpaired) electrons. The zero-order chi connectivity index (χ0) is 21.3. The number of aryl methyl sites for hydroxylation is 2. The fraction of sp³-hybridized carbons (Fsp3) is 0.120. The summed E-state index contributed by atoms with van der Waals surface area (Å²) in [7, 11) is 1.56. The Labute approximate surface area is 174 Å². The lowest BCUT2D eigenvalue weighted by Crippen LogP contribution is -2.21. The van der Waals surface area contributed by atoms with Crippen LogP contribution < -0.4 is 10.3 Å². The van der Waals surface area contributed by atoms with Gasteiger partial charge in [0.05, 0.1) is 29.4 Å². The smallest absolute Gasteiger partial charge is 0.265 e. The van der Waals surface area contributed by atoms with Crippen molar-refractivity contribution in [3.05, 3.63) is 93.8 Å². The SMILES string of the molecule is COc1ccc2c(C=Nc3ccccc3)c(O)n(-c3ccc(C)cc3C)c(=O)c2c1. The van der Waals surface area contributed by atoms with Gasteiger partial charge in [0, 0.05) is 11.6 Å². The van der Waals surface area contributed by atoms with Crippen LogP contribution in [-0.4, -0.2) is 23.0 Å². The molecule has 0 fully saturated rings. The molecule has 30 heavy (non-hydrogen) atoms. The van der Waals surface area contributed by atoms with Gasteiger partial charge in [0.15, 0.2) is 0 Å². The first-order chi connectivity index (χ1) is 14.5. The number of ether oxygens (including phenoxy) is 1. The number of para-hydroxylation sites is 1. The maximum Gasteiger partial charge on any atom is 0.265 e. The topological polar surface area (TPSA) is 63.8 Å². The van der Waals surface area contributed by atoms with E-state index in [-0.39, 0.29) is 11.4 Å². The summed E-state index contributed by atoms with van der Waals surface area (Å²) >= 11 is 0. The number of rotatable bonds is 4. The number of aromatic nitrogens is 1. The number of hydrogen-bond donors (Lipinski definition) is 1. The highest BCUT2D eigenvalue weighted by atomic mass is 16.5. The van der Waals surface area contributed by atoms with Crippen molar-refractivity contribution in [3.8, 4) is 17.3 Å². The predicted molar refractivity (Wildman–Crippen MR) is 121 cm³/mol. The molecule has 0 aliphatic rings. The first-order valence-electron chi connectivity index (χ1n) is 9.62. The monoisotopic (exact) mass is 398 g/mol. The fourth-order valence-electron chi connectivity index (χ4n) is 3.58. The highest BCUT2D eigenvalue weighted by Gasteiger charge is 2.18. The van der Waals surface area contributed by atoms with Crippen LogP contribution in [0.15, 0.2) is 76.5 Å². The molecule has 0 saturated heterocycles. The van der Waals surface area contributed by atoms with Gasteiger partial charge >= 0.3 is 0 Å². The minimum Gasteiger partial charge on any atom is -0.497 e. The van der Waals surface area contributed by atoms with Gasteiger partial charge in [-0.2, -0.15) is 0 Å². The van der Waals surface area contributed by atoms with Crippen LogP contribution in [-0.2, 0) is 0 Å². The van der Waals surface area contributed by atoms with Gasteiger partial charge in [-0.05, 0) is 55.8 Å². The van der Waals surface area contributed by atoms with Crippen molar-refractivity contribution in [2.75, 3.05) is 7.11 Å². The largest absolute Gasteiger partial charge is 0.497 e. The number of aromatic hydroxyl groups is 1. The molecule has 0 aliphatic heterocycles. The molecule has 0 bridgehead atoms. The van der Waals surface area contributed by atoms with Gasteiger partial charge in [-0.25, -0.2) is 4.57 Å². The third-order valence-electron chi connectivity index (χ3n) is 5.10. The molecule has 3 aromatic carbocycles. The number of nitrogens with zero attached hydrogens (tertiary/aromatic N) is 2. The molecule has 1 aromatic heterocycles. The van der Waals surface area contributed by atoms with E-state index in [1.807, 2.05) is 62.4 Å². The second-order valence-corrected chi connectivity index (χ2v) is 7.17. The Morgan fingerprint density at radius 3 is 2.43 bits per heavy atom. The standard InChI is InChI=1S/C25H22N2O3/c1-16-9-12-23(17(2)13-16)27-24(28)21-14-19(30-3)10-11-20(21)22(25(27)29)15-26-18-7-5-4-6-8-18/h4-15,29H,1-3H3. The molecule has 1 N–H and O–H groups in total. The molecule has 0 amide bonds. The Kier molecular flexibility index (Phi) is 5.11. The molecule has 4 rings (SSSR count). The van der Waals surface area contributed by atoms with Gasteiger partial charge in [0.25, 0.3) is 5.56 Å². The number of benzene rings is 3. The maximum absolute atomic E-state index is 13.4. The molecule has 4 aromatic rings. The van der Waals surface area contributed by atoms with Gasteiger partial charge < -0.3 is 9.84 Å². The summed E-state index contributed by atoms with van der Waals surface area (Å²) in [6.07, 6.45) is 1.60. The van der Waals surface area contributed by atoms with Crippen LogP contribution in [0.2, 0.25) is 0 Å². The zero-order valence-electron chi connectivity index (χ0n) is 17.1. The normalized spacial score (nSPS) is 11.3. The van der Waals surface area contributed by atoms with E-state index < -0.39 is 0 Å². The number of methoxy groups -OCH3 is 1. The molecule has 0 saturated carbocycles. The van der Waals surface area contributed by atoms with Crippen molar-refractivity contribution in [2.45, 2.75) is 13.8 Å². The molecule has 0 atom stereocenters. The van der Waals surface area contributed by atoms with Gasteiger partial charge in [0.2, 0.25) is 5.88 Å². The zero-order valence-corrected chi connectivity index (χ0v) is 17.1. The summed E-state index contributed by atoms with van der Waals surface area (Å²) in [5.41, 5.74) is 3.50.